The van der Waals surface area contributed by atoms with Gasteiger partial charge in [-0.05, 0) is 0 Å². The summed E-state index contributed by atoms with van der Waals surface area (Å²) in [6, 6.07) is 0. The van der Waals surface area contributed by atoms with Crippen LogP contribution in [0, 0.1) is 0 Å². The van der Waals surface area contributed by atoms with Crippen molar-refractivity contribution in [2.24, 2.45) is 0 Å². The number of fused-ring (bicyclic) bond motifs is 2. The fraction of sp³-hybridized carbons (Fsp3) is 1.00. The van der Waals surface area contributed by atoms with Crippen LogP contribution in [0.3, 0.4) is 0 Å². The number of hydrogen-bond donors (Lipinski definition) is 0. The van der Waals surface area contributed by atoms with E-state index in [1.165, 1.54) is 0 Å². The van der Waals surface area contributed by atoms with Gasteiger partial charge in [-0.2, -0.15) is 0 Å². The van der Waals surface area contributed by atoms with Crippen LogP contribution >= 0.6 is 0 Å². The SMILES string of the molecule is C1COC2COC(CO1)C2. The second-order valence-corrected chi connectivity index (χ2v) is 2.76. The third-order valence-corrected chi connectivity index (χ3v) is 1.93. The summed E-state index contributed by atoms with van der Waals surface area (Å²) >= 11 is 0. The van der Waals surface area contributed by atoms with Crippen molar-refractivity contribution in [3.8, 4) is 0 Å². The maximum absolute atomic E-state index is 5.42. The number of hydrogen-bond acceptors (Lipinski definition) is 3. The summed E-state index contributed by atoms with van der Waals surface area (Å²) in [6.45, 7) is 2.95. The zero-order valence-corrected chi connectivity index (χ0v) is 5.91. The molecule has 2 atom stereocenters. The van der Waals surface area contributed by atoms with E-state index in [1.54, 1.807) is 0 Å². The van der Waals surface area contributed by atoms with Crippen LogP contribution in [0.1, 0.15) is 6.42 Å². The summed E-state index contributed by atoms with van der Waals surface area (Å²) < 4.78 is 16.1. The molecule has 2 heterocycles. The van der Waals surface area contributed by atoms with Crippen LogP contribution in [0.15, 0.2) is 0 Å². The van der Waals surface area contributed by atoms with Crippen molar-refractivity contribution in [1.29, 1.82) is 0 Å². The van der Waals surface area contributed by atoms with Gasteiger partial charge in [0.2, 0.25) is 0 Å². The van der Waals surface area contributed by atoms with Crippen molar-refractivity contribution in [3.63, 3.8) is 0 Å². The molecule has 2 rings (SSSR count). The molecule has 0 N–H and O–H groups in total. The van der Waals surface area contributed by atoms with Crippen LogP contribution in [0.2, 0.25) is 0 Å². The smallest absolute Gasteiger partial charge is 0.0835 e. The molecule has 2 saturated heterocycles. The molecule has 0 aromatic rings. The van der Waals surface area contributed by atoms with E-state index in [-0.39, 0.29) is 0 Å². The molecule has 2 aliphatic heterocycles. The Morgan fingerprint density at radius 2 is 1.80 bits per heavy atom. The van der Waals surface area contributed by atoms with Gasteiger partial charge in [-0.1, -0.05) is 0 Å². The van der Waals surface area contributed by atoms with E-state index in [0.717, 1.165) is 32.8 Å². The predicted octanol–water partition coefficient (Wildman–Crippen LogP) is 0.191. The van der Waals surface area contributed by atoms with Gasteiger partial charge in [-0.15, -0.1) is 0 Å². The molecule has 0 spiro atoms. The first kappa shape index (κ1) is 6.58. The highest BCUT2D eigenvalue weighted by Gasteiger charge is 2.27. The third-order valence-electron chi connectivity index (χ3n) is 1.93. The molecule has 2 fully saturated rings. The van der Waals surface area contributed by atoms with Crippen LogP contribution in [0.5, 0.6) is 0 Å². The molecule has 0 saturated carbocycles. The minimum Gasteiger partial charge on any atom is -0.376 e. The molecule has 3 nitrogen and oxygen atoms in total. The zero-order valence-electron chi connectivity index (χ0n) is 5.91. The Labute approximate surface area is 60.3 Å². The summed E-state index contributed by atoms with van der Waals surface area (Å²) in [6.07, 6.45) is 1.65. The summed E-state index contributed by atoms with van der Waals surface area (Å²) in [5.74, 6) is 0. The number of rotatable bonds is 0. The standard InChI is InChI=1S/C7H12O3/c1-2-9-7-3-6(4-8-1)10-5-7/h6-7H,1-5H2. The zero-order chi connectivity index (χ0) is 6.81. The summed E-state index contributed by atoms with van der Waals surface area (Å²) in [7, 11) is 0. The Bertz CT molecular complexity index is 103. The Kier molecular flexibility index (Phi) is 1.88. The first-order chi connectivity index (χ1) is 4.95. The van der Waals surface area contributed by atoms with Gasteiger partial charge in [0.05, 0.1) is 38.6 Å². The molecular formula is C7H12O3. The van der Waals surface area contributed by atoms with Crippen molar-refractivity contribution >= 4 is 0 Å². The van der Waals surface area contributed by atoms with Crippen LogP contribution < -0.4 is 0 Å². The molecule has 58 valence electrons. The fourth-order valence-electron chi connectivity index (χ4n) is 1.39. The highest BCUT2D eigenvalue weighted by atomic mass is 16.6. The molecule has 0 aliphatic carbocycles. The molecule has 2 unspecified atom stereocenters. The summed E-state index contributed by atoms with van der Waals surface area (Å²) in [5.41, 5.74) is 0. The van der Waals surface area contributed by atoms with E-state index in [9.17, 15) is 0 Å². The van der Waals surface area contributed by atoms with Gasteiger partial charge in [-0.3, -0.25) is 0 Å². The van der Waals surface area contributed by atoms with Gasteiger partial charge in [0, 0.05) is 6.42 Å². The van der Waals surface area contributed by atoms with Crippen molar-refractivity contribution < 1.29 is 14.2 Å². The molecule has 0 amide bonds. The summed E-state index contributed by atoms with van der Waals surface area (Å²) in [5, 5.41) is 0. The van der Waals surface area contributed by atoms with E-state index in [0.29, 0.717) is 12.2 Å². The van der Waals surface area contributed by atoms with Crippen molar-refractivity contribution in [1.82, 2.24) is 0 Å². The van der Waals surface area contributed by atoms with Gasteiger partial charge < -0.3 is 14.2 Å². The monoisotopic (exact) mass is 144 g/mol. The van der Waals surface area contributed by atoms with E-state index in [1.807, 2.05) is 0 Å². The number of ether oxygens (including phenoxy) is 3. The van der Waals surface area contributed by atoms with Crippen LogP contribution in [-0.2, 0) is 14.2 Å². The maximum atomic E-state index is 5.42. The lowest BCUT2D eigenvalue weighted by Gasteiger charge is -2.14. The van der Waals surface area contributed by atoms with E-state index < -0.39 is 0 Å². The largest absolute Gasteiger partial charge is 0.376 e. The maximum Gasteiger partial charge on any atom is 0.0835 e. The average molecular weight is 144 g/mol. The molecule has 2 aliphatic rings. The average Bonchev–Trinajstić information content (AvgIpc) is 2.30. The van der Waals surface area contributed by atoms with E-state index >= 15 is 0 Å². The molecule has 10 heavy (non-hydrogen) atoms. The van der Waals surface area contributed by atoms with Crippen LogP contribution in [0.4, 0.5) is 0 Å². The van der Waals surface area contributed by atoms with E-state index in [2.05, 4.69) is 0 Å². The molecule has 0 aromatic heterocycles. The van der Waals surface area contributed by atoms with Crippen molar-refractivity contribution in [2.75, 3.05) is 26.4 Å². The third kappa shape index (κ3) is 1.31. The molecule has 0 radical (unpaired) electrons. The highest BCUT2D eigenvalue weighted by Crippen LogP contribution is 2.17. The molecule has 2 bridgehead atoms. The predicted molar refractivity (Wildman–Crippen MR) is 34.9 cm³/mol. The first-order valence-corrected chi connectivity index (χ1v) is 3.76. The summed E-state index contributed by atoms with van der Waals surface area (Å²) in [4.78, 5) is 0. The Morgan fingerprint density at radius 1 is 0.900 bits per heavy atom. The van der Waals surface area contributed by atoms with Crippen LogP contribution in [0.25, 0.3) is 0 Å². The Balaban J connectivity index is 1.91. The normalized spacial score (nSPS) is 40.8. The minimum atomic E-state index is 0.297. The lowest BCUT2D eigenvalue weighted by Crippen LogP contribution is -2.22. The van der Waals surface area contributed by atoms with Crippen molar-refractivity contribution in [3.05, 3.63) is 0 Å². The van der Waals surface area contributed by atoms with Gasteiger partial charge in [0.1, 0.15) is 0 Å². The molecular weight excluding hydrogens is 132 g/mol. The Hall–Kier alpha value is -0.120. The quantitative estimate of drug-likeness (QED) is 0.485. The lowest BCUT2D eigenvalue weighted by atomic mass is 10.2. The first-order valence-electron chi connectivity index (χ1n) is 3.76. The van der Waals surface area contributed by atoms with Gasteiger partial charge in [0.15, 0.2) is 0 Å². The second-order valence-electron chi connectivity index (χ2n) is 2.76. The molecule has 0 aromatic carbocycles. The van der Waals surface area contributed by atoms with Crippen molar-refractivity contribution in [2.45, 2.75) is 18.6 Å². The highest BCUT2D eigenvalue weighted by molar-refractivity contribution is 4.74. The van der Waals surface area contributed by atoms with Crippen LogP contribution in [-0.4, -0.2) is 38.6 Å². The topological polar surface area (TPSA) is 27.7 Å². The fourth-order valence-corrected chi connectivity index (χ4v) is 1.39. The lowest BCUT2D eigenvalue weighted by molar-refractivity contribution is -0.0137. The van der Waals surface area contributed by atoms with E-state index in [4.69, 9.17) is 14.2 Å². The minimum absolute atomic E-state index is 0.297. The van der Waals surface area contributed by atoms with Gasteiger partial charge >= 0.3 is 0 Å². The Morgan fingerprint density at radius 3 is 2.80 bits per heavy atom. The molecule has 3 heteroatoms. The second kappa shape index (κ2) is 2.86. The van der Waals surface area contributed by atoms with Gasteiger partial charge in [0.25, 0.3) is 0 Å². The van der Waals surface area contributed by atoms with Gasteiger partial charge in [-0.25, -0.2) is 0 Å².